The number of hydrogen-bond donors (Lipinski definition) is 1. The van der Waals surface area contributed by atoms with Crippen molar-refractivity contribution in [2.24, 2.45) is 5.73 Å². The van der Waals surface area contributed by atoms with Crippen molar-refractivity contribution in [3.63, 3.8) is 0 Å². The lowest BCUT2D eigenvalue weighted by molar-refractivity contribution is -0.137. The van der Waals surface area contributed by atoms with E-state index in [2.05, 4.69) is 15.9 Å². The van der Waals surface area contributed by atoms with Gasteiger partial charge < -0.3 is 5.73 Å². The smallest absolute Gasteiger partial charge is 0.324 e. The molecule has 1 aromatic carbocycles. The molecular weight excluding hydrogens is 259 g/mol. The fourth-order valence-electron chi connectivity index (χ4n) is 1.04. The molecule has 14 heavy (non-hydrogen) atoms. The molecular formula is C9H9BrF3N. The molecule has 0 aromatic heterocycles. The quantitative estimate of drug-likeness (QED) is 0.828. The second-order valence-corrected chi connectivity index (χ2v) is 3.98. The van der Waals surface area contributed by atoms with Gasteiger partial charge in [0.05, 0.1) is 5.56 Å². The minimum atomic E-state index is -4.33. The molecule has 0 saturated carbocycles. The first-order valence-electron chi connectivity index (χ1n) is 3.94. The van der Waals surface area contributed by atoms with Gasteiger partial charge in [0, 0.05) is 10.5 Å². The third kappa shape index (κ3) is 2.72. The van der Waals surface area contributed by atoms with Crippen LogP contribution < -0.4 is 5.73 Å². The average molecular weight is 268 g/mol. The van der Waals surface area contributed by atoms with Gasteiger partial charge in [-0.2, -0.15) is 13.2 Å². The summed E-state index contributed by atoms with van der Waals surface area (Å²) in [4.78, 5) is 0. The summed E-state index contributed by atoms with van der Waals surface area (Å²) in [5.74, 6) is 0. The number of nitrogens with two attached hydrogens (primary N) is 1. The Morgan fingerprint density at radius 3 is 2.29 bits per heavy atom. The van der Waals surface area contributed by atoms with Gasteiger partial charge in [0.2, 0.25) is 0 Å². The minimum Gasteiger partial charge on any atom is -0.324 e. The fraction of sp³-hybridized carbons (Fsp3) is 0.333. The van der Waals surface area contributed by atoms with Crippen molar-refractivity contribution in [1.82, 2.24) is 0 Å². The molecule has 0 fully saturated rings. The van der Waals surface area contributed by atoms with Gasteiger partial charge in [-0.25, -0.2) is 0 Å². The Kier molecular flexibility index (Phi) is 3.21. The van der Waals surface area contributed by atoms with E-state index in [9.17, 15) is 13.2 Å². The Morgan fingerprint density at radius 2 is 1.86 bits per heavy atom. The number of rotatable bonds is 1. The summed E-state index contributed by atoms with van der Waals surface area (Å²) in [7, 11) is 0. The molecule has 1 rings (SSSR count). The first-order chi connectivity index (χ1) is 6.30. The van der Waals surface area contributed by atoms with Gasteiger partial charge in [0.1, 0.15) is 0 Å². The van der Waals surface area contributed by atoms with E-state index in [0.29, 0.717) is 10.0 Å². The van der Waals surface area contributed by atoms with Crippen molar-refractivity contribution in [1.29, 1.82) is 0 Å². The van der Waals surface area contributed by atoms with Crippen molar-refractivity contribution in [3.8, 4) is 0 Å². The van der Waals surface area contributed by atoms with Gasteiger partial charge in [0.15, 0.2) is 0 Å². The van der Waals surface area contributed by atoms with Crippen molar-refractivity contribution < 1.29 is 13.2 Å². The highest BCUT2D eigenvalue weighted by Crippen LogP contribution is 2.32. The summed E-state index contributed by atoms with van der Waals surface area (Å²) < 4.78 is 37.4. The zero-order valence-electron chi connectivity index (χ0n) is 7.40. The van der Waals surface area contributed by atoms with E-state index < -0.39 is 17.8 Å². The van der Waals surface area contributed by atoms with Crippen LogP contribution in [0.2, 0.25) is 0 Å². The summed E-state index contributed by atoms with van der Waals surface area (Å²) in [6.45, 7) is 1.64. The normalized spacial score (nSPS) is 14.1. The molecule has 0 saturated heterocycles. The number of hydrogen-bond acceptors (Lipinski definition) is 1. The van der Waals surface area contributed by atoms with Gasteiger partial charge >= 0.3 is 6.18 Å². The lowest BCUT2D eigenvalue weighted by Gasteiger charge is -2.11. The highest BCUT2D eigenvalue weighted by atomic mass is 79.9. The second-order valence-electron chi connectivity index (χ2n) is 3.06. The van der Waals surface area contributed by atoms with Gasteiger partial charge in [-0.15, -0.1) is 0 Å². The predicted molar refractivity (Wildman–Crippen MR) is 51.7 cm³/mol. The summed E-state index contributed by atoms with van der Waals surface area (Å²) in [6.07, 6.45) is -4.33. The molecule has 1 aromatic rings. The molecule has 5 heteroatoms. The van der Waals surface area contributed by atoms with Crippen LogP contribution in [0.25, 0.3) is 0 Å². The van der Waals surface area contributed by atoms with Crippen molar-refractivity contribution in [3.05, 3.63) is 33.8 Å². The van der Waals surface area contributed by atoms with Crippen LogP contribution >= 0.6 is 15.9 Å². The van der Waals surface area contributed by atoms with Crippen LogP contribution in [0.4, 0.5) is 13.2 Å². The molecule has 0 amide bonds. The molecule has 0 spiro atoms. The van der Waals surface area contributed by atoms with Crippen LogP contribution in [0, 0.1) is 0 Å². The highest BCUT2D eigenvalue weighted by Gasteiger charge is 2.31. The van der Waals surface area contributed by atoms with Gasteiger partial charge in [0.25, 0.3) is 0 Å². The van der Waals surface area contributed by atoms with Gasteiger partial charge in [-0.1, -0.05) is 15.9 Å². The van der Waals surface area contributed by atoms with Crippen LogP contribution in [0.5, 0.6) is 0 Å². The molecule has 1 nitrogen and oxygen atoms in total. The molecule has 78 valence electrons. The van der Waals surface area contributed by atoms with Crippen LogP contribution in [0.3, 0.4) is 0 Å². The maximum absolute atomic E-state index is 12.3. The molecule has 0 unspecified atom stereocenters. The monoisotopic (exact) mass is 267 g/mol. The van der Waals surface area contributed by atoms with Crippen molar-refractivity contribution in [2.45, 2.75) is 19.1 Å². The van der Waals surface area contributed by atoms with Crippen LogP contribution in [-0.4, -0.2) is 0 Å². The molecule has 2 N–H and O–H groups in total. The minimum absolute atomic E-state index is 0.389. The summed E-state index contributed by atoms with van der Waals surface area (Å²) in [5.41, 5.74) is 5.29. The average Bonchev–Trinajstić information content (AvgIpc) is 2.01. The number of alkyl halides is 3. The summed E-state index contributed by atoms with van der Waals surface area (Å²) in [5, 5.41) is 0. The summed E-state index contributed by atoms with van der Waals surface area (Å²) >= 11 is 3.02. The molecule has 0 aliphatic rings. The molecule has 0 bridgehead atoms. The molecule has 1 atom stereocenters. The van der Waals surface area contributed by atoms with E-state index in [1.165, 1.54) is 0 Å². The van der Waals surface area contributed by atoms with E-state index in [-0.39, 0.29) is 0 Å². The third-order valence-electron chi connectivity index (χ3n) is 1.77. The van der Waals surface area contributed by atoms with E-state index >= 15 is 0 Å². The Morgan fingerprint density at radius 1 is 1.29 bits per heavy atom. The lowest BCUT2D eigenvalue weighted by Crippen LogP contribution is -2.09. The highest BCUT2D eigenvalue weighted by molar-refractivity contribution is 9.10. The van der Waals surface area contributed by atoms with E-state index in [1.807, 2.05) is 0 Å². The Hall–Kier alpha value is -0.550. The Bertz CT molecular complexity index is 333. The third-order valence-corrected chi connectivity index (χ3v) is 2.23. The largest absolute Gasteiger partial charge is 0.416 e. The molecule has 0 heterocycles. The Labute approximate surface area is 88.2 Å². The van der Waals surface area contributed by atoms with Crippen LogP contribution in [-0.2, 0) is 6.18 Å². The van der Waals surface area contributed by atoms with Gasteiger partial charge in [-0.3, -0.25) is 0 Å². The van der Waals surface area contributed by atoms with E-state index in [1.54, 1.807) is 13.0 Å². The van der Waals surface area contributed by atoms with Crippen molar-refractivity contribution >= 4 is 15.9 Å². The van der Waals surface area contributed by atoms with E-state index in [0.717, 1.165) is 12.1 Å². The zero-order chi connectivity index (χ0) is 10.9. The van der Waals surface area contributed by atoms with Crippen molar-refractivity contribution in [2.75, 3.05) is 0 Å². The lowest BCUT2D eigenvalue weighted by atomic mass is 10.1. The summed E-state index contributed by atoms with van der Waals surface area (Å²) in [6, 6.07) is 3.27. The maximum Gasteiger partial charge on any atom is 0.416 e. The SMILES string of the molecule is C[C@H](N)c1cc(Br)cc(C(F)(F)F)c1. The first-order valence-corrected chi connectivity index (χ1v) is 4.73. The number of halogens is 4. The second kappa shape index (κ2) is 3.90. The Balaban J connectivity index is 3.21. The van der Waals surface area contributed by atoms with Crippen LogP contribution in [0.15, 0.2) is 22.7 Å². The predicted octanol–water partition coefficient (Wildman–Crippen LogP) is 3.49. The standard InChI is InChI=1S/C9H9BrF3N/c1-5(14)6-2-7(9(11,12)13)4-8(10)3-6/h2-5H,14H2,1H3/t5-/m0/s1. The first kappa shape index (κ1) is 11.5. The van der Waals surface area contributed by atoms with Crippen LogP contribution in [0.1, 0.15) is 24.1 Å². The molecule has 0 aliphatic carbocycles. The number of benzene rings is 1. The van der Waals surface area contributed by atoms with E-state index in [4.69, 9.17) is 5.73 Å². The fourth-order valence-corrected chi connectivity index (χ4v) is 1.55. The van der Waals surface area contributed by atoms with Gasteiger partial charge in [-0.05, 0) is 30.7 Å². The topological polar surface area (TPSA) is 26.0 Å². The zero-order valence-corrected chi connectivity index (χ0v) is 8.98. The molecule has 0 aliphatic heterocycles. The molecule has 0 radical (unpaired) electrons. The maximum atomic E-state index is 12.3.